The van der Waals surface area contributed by atoms with Crippen molar-refractivity contribution in [1.29, 1.82) is 0 Å². The highest BCUT2D eigenvalue weighted by atomic mass is 79.9. The molecule has 1 N–H and O–H groups in total. The maximum atomic E-state index is 10.9. The fraction of sp³-hybridized carbons (Fsp3) is 0.353. The van der Waals surface area contributed by atoms with Crippen LogP contribution in [0.5, 0.6) is 5.75 Å². The molecule has 0 amide bonds. The van der Waals surface area contributed by atoms with Gasteiger partial charge in [0.25, 0.3) is 0 Å². The van der Waals surface area contributed by atoms with Crippen molar-refractivity contribution in [2.75, 3.05) is 7.11 Å². The minimum atomic E-state index is -1.00. The number of ether oxygens (including phenoxy) is 1. The minimum Gasteiger partial charge on any atom is -0.496 e. The first-order valence-corrected chi connectivity index (χ1v) is 7.62. The number of aryl methyl sites for hydroxylation is 1. The van der Waals surface area contributed by atoms with Crippen LogP contribution >= 0.6 is 15.9 Å². The van der Waals surface area contributed by atoms with E-state index < -0.39 is 5.60 Å². The standard InChI is InChI=1S/C17H20BrNO2/c1-11-10-19-15(12(2)16(11)21-4)9-17(3,20)13-7-5-6-8-14(13)18/h5-8,10,20H,9H2,1-4H3. The maximum absolute atomic E-state index is 10.9. The topological polar surface area (TPSA) is 42.4 Å². The summed E-state index contributed by atoms with van der Waals surface area (Å²) in [5.74, 6) is 0.836. The molecule has 1 unspecified atom stereocenters. The smallest absolute Gasteiger partial charge is 0.128 e. The second-order valence-electron chi connectivity index (χ2n) is 5.48. The van der Waals surface area contributed by atoms with Gasteiger partial charge in [-0.1, -0.05) is 34.1 Å². The summed E-state index contributed by atoms with van der Waals surface area (Å²) in [6.07, 6.45) is 2.22. The van der Waals surface area contributed by atoms with Crippen molar-refractivity contribution < 1.29 is 9.84 Å². The summed E-state index contributed by atoms with van der Waals surface area (Å²) in [5.41, 5.74) is 2.67. The van der Waals surface area contributed by atoms with Crippen molar-refractivity contribution in [1.82, 2.24) is 4.98 Å². The van der Waals surface area contributed by atoms with E-state index in [2.05, 4.69) is 20.9 Å². The summed E-state index contributed by atoms with van der Waals surface area (Å²) in [7, 11) is 1.66. The van der Waals surface area contributed by atoms with E-state index in [1.165, 1.54) is 0 Å². The zero-order valence-corrected chi connectivity index (χ0v) is 14.4. The Morgan fingerprint density at radius 1 is 1.29 bits per heavy atom. The normalized spacial score (nSPS) is 13.8. The molecular formula is C17H20BrNO2. The average Bonchev–Trinajstić information content (AvgIpc) is 2.43. The number of halogens is 1. The number of hydrogen-bond acceptors (Lipinski definition) is 3. The zero-order chi connectivity index (χ0) is 15.6. The van der Waals surface area contributed by atoms with Gasteiger partial charge < -0.3 is 9.84 Å². The number of hydrogen-bond donors (Lipinski definition) is 1. The first-order valence-electron chi connectivity index (χ1n) is 6.83. The van der Waals surface area contributed by atoms with Gasteiger partial charge in [0.1, 0.15) is 5.75 Å². The largest absolute Gasteiger partial charge is 0.496 e. The van der Waals surface area contributed by atoms with E-state index in [9.17, 15) is 5.11 Å². The number of benzene rings is 1. The van der Waals surface area contributed by atoms with Crippen LogP contribution in [-0.2, 0) is 12.0 Å². The summed E-state index contributed by atoms with van der Waals surface area (Å²) in [6.45, 7) is 5.75. The van der Waals surface area contributed by atoms with E-state index in [4.69, 9.17) is 4.74 Å². The lowest BCUT2D eigenvalue weighted by Crippen LogP contribution is -2.26. The van der Waals surface area contributed by atoms with Gasteiger partial charge in [-0.25, -0.2) is 0 Å². The second-order valence-corrected chi connectivity index (χ2v) is 6.33. The van der Waals surface area contributed by atoms with E-state index in [0.29, 0.717) is 6.42 Å². The van der Waals surface area contributed by atoms with Crippen LogP contribution in [0.25, 0.3) is 0 Å². The lowest BCUT2D eigenvalue weighted by atomic mass is 9.89. The molecule has 1 atom stereocenters. The van der Waals surface area contributed by atoms with Gasteiger partial charge in [0.05, 0.1) is 18.4 Å². The number of methoxy groups -OCH3 is 1. The zero-order valence-electron chi connectivity index (χ0n) is 12.8. The van der Waals surface area contributed by atoms with Gasteiger partial charge in [0, 0.05) is 28.2 Å². The van der Waals surface area contributed by atoms with Crippen molar-refractivity contribution in [3.63, 3.8) is 0 Å². The molecule has 112 valence electrons. The average molecular weight is 350 g/mol. The predicted octanol–water partition coefficient (Wildman–Crippen LogP) is 3.92. The number of rotatable bonds is 4. The summed E-state index contributed by atoms with van der Waals surface area (Å²) < 4.78 is 6.32. The molecule has 0 spiro atoms. The molecule has 1 aromatic carbocycles. The Morgan fingerprint density at radius 3 is 2.57 bits per heavy atom. The molecule has 0 fully saturated rings. The minimum absolute atomic E-state index is 0.429. The Bertz CT molecular complexity index is 653. The van der Waals surface area contributed by atoms with Crippen LogP contribution in [0.15, 0.2) is 34.9 Å². The number of aliphatic hydroxyl groups is 1. The number of aromatic nitrogens is 1. The van der Waals surface area contributed by atoms with Gasteiger partial charge in [0.15, 0.2) is 0 Å². The van der Waals surface area contributed by atoms with Gasteiger partial charge >= 0.3 is 0 Å². The molecule has 2 aromatic rings. The predicted molar refractivity (Wildman–Crippen MR) is 87.7 cm³/mol. The fourth-order valence-corrected chi connectivity index (χ4v) is 3.28. The van der Waals surface area contributed by atoms with Gasteiger partial charge in [-0.05, 0) is 32.4 Å². The van der Waals surface area contributed by atoms with Crippen LogP contribution in [0, 0.1) is 13.8 Å². The molecule has 1 aromatic heterocycles. The molecule has 3 nitrogen and oxygen atoms in total. The Hall–Kier alpha value is -1.39. The Kier molecular flexibility index (Phi) is 4.69. The molecule has 0 aliphatic carbocycles. The number of nitrogens with zero attached hydrogens (tertiary/aromatic N) is 1. The Balaban J connectivity index is 2.40. The molecule has 4 heteroatoms. The van der Waals surface area contributed by atoms with Gasteiger partial charge in [-0.15, -0.1) is 0 Å². The quantitative estimate of drug-likeness (QED) is 0.909. The lowest BCUT2D eigenvalue weighted by Gasteiger charge is -2.26. The highest BCUT2D eigenvalue weighted by molar-refractivity contribution is 9.10. The molecule has 0 bridgehead atoms. The SMILES string of the molecule is COc1c(C)cnc(CC(C)(O)c2ccccc2Br)c1C. The van der Waals surface area contributed by atoms with Crippen LogP contribution in [-0.4, -0.2) is 17.2 Å². The fourth-order valence-electron chi connectivity index (χ4n) is 2.57. The monoisotopic (exact) mass is 349 g/mol. The van der Waals surface area contributed by atoms with E-state index in [-0.39, 0.29) is 0 Å². The highest BCUT2D eigenvalue weighted by Gasteiger charge is 2.27. The molecule has 21 heavy (non-hydrogen) atoms. The van der Waals surface area contributed by atoms with Crippen molar-refractivity contribution in [3.05, 3.63) is 57.3 Å². The third-order valence-electron chi connectivity index (χ3n) is 3.72. The van der Waals surface area contributed by atoms with Crippen molar-refractivity contribution in [2.45, 2.75) is 32.8 Å². The van der Waals surface area contributed by atoms with Gasteiger partial charge in [0.2, 0.25) is 0 Å². The molecule has 0 aliphatic rings. The molecular weight excluding hydrogens is 330 g/mol. The van der Waals surface area contributed by atoms with Crippen LogP contribution in [0.4, 0.5) is 0 Å². The third kappa shape index (κ3) is 3.27. The van der Waals surface area contributed by atoms with E-state index in [1.807, 2.05) is 38.1 Å². The third-order valence-corrected chi connectivity index (χ3v) is 4.41. The lowest BCUT2D eigenvalue weighted by molar-refractivity contribution is 0.0556. The van der Waals surface area contributed by atoms with E-state index >= 15 is 0 Å². The van der Waals surface area contributed by atoms with Crippen LogP contribution in [0.1, 0.15) is 29.3 Å². The van der Waals surface area contributed by atoms with E-state index in [0.717, 1.165) is 32.6 Å². The van der Waals surface area contributed by atoms with Crippen molar-refractivity contribution in [3.8, 4) is 5.75 Å². The summed E-state index contributed by atoms with van der Waals surface area (Å²) in [5, 5.41) is 10.9. The maximum Gasteiger partial charge on any atom is 0.128 e. The molecule has 1 heterocycles. The Labute approximate surface area is 134 Å². The number of pyridine rings is 1. The summed E-state index contributed by atoms with van der Waals surface area (Å²) in [6, 6.07) is 7.71. The van der Waals surface area contributed by atoms with Crippen molar-refractivity contribution in [2.24, 2.45) is 0 Å². The second kappa shape index (κ2) is 6.16. The molecule has 0 saturated heterocycles. The van der Waals surface area contributed by atoms with Crippen LogP contribution < -0.4 is 4.74 Å². The first-order chi connectivity index (χ1) is 9.86. The Morgan fingerprint density at radius 2 is 1.95 bits per heavy atom. The van der Waals surface area contributed by atoms with Gasteiger partial charge in [-0.2, -0.15) is 0 Å². The summed E-state index contributed by atoms with van der Waals surface area (Å²) >= 11 is 3.50. The molecule has 0 radical (unpaired) electrons. The van der Waals surface area contributed by atoms with Crippen molar-refractivity contribution >= 4 is 15.9 Å². The molecule has 0 aliphatic heterocycles. The van der Waals surface area contributed by atoms with E-state index in [1.54, 1.807) is 20.2 Å². The highest BCUT2D eigenvalue weighted by Crippen LogP contribution is 2.33. The van der Waals surface area contributed by atoms with Crippen LogP contribution in [0.3, 0.4) is 0 Å². The first kappa shape index (κ1) is 16.0. The molecule has 0 saturated carbocycles. The molecule has 2 rings (SSSR count). The van der Waals surface area contributed by atoms with Crippen LogP contribution in [0.2, 0.25) is 0 Å². The van der Waals surface area contributed by atoms with Gasteiger partial charge in [-0.3, -0.25) is 4.98 Å². The summed E-state index contributed by atoms with van der Waals surface area (Å²) in [4.78, 5) is 4.47.